The highest BCUT2D eigenvalue weighted by molar-refractivity contribution is 5.63. The molecule has 0 radical (unpaired) electrons. The molecule has 3 aromatic carbocycles. The summed E-state index contributed by atoms with van der Waals surface area (Å²) in [4.78, 5) is 2.53. The summed E-state index contributed by atoms with van der Waals surface area (Å²) >= 11 is 0. The van der Waals surface area contributed by atoms with Crippen molar-refractivity contribution >= 4 is 11.8 Å². The molecule has 0 amide bonds. The number of aryl methyl sites for hydroxylation is 1. The van der Waals surface area contributed by atoms with E-state index in [2.05, 4.69) is 99.3 Å². The fraction of sp³-hybridized carbons (Fsp3) is 0.355. The number of nitrogens with zero attached hydrogens (tertiary/aromatic N) is 1. The first-order valence-electron chi connectivity index (χ1n) is 12.3. The number of hydrogen-bond acceptors (Lipinski definition) is 4. The van der Waals surface area contributed by atoms with Crippen LogP contribution < -0.4 is 14.4 Å². The molecular formula is C31H37NO3. The van der Waals surface area contributed by atoms with Crippen LogP contribution in [-0.4, -0.2) is 33.5 Å². The number of hydrogen-bond donors (Lipinski definition) is 0. The average Bonchev–Trinajstić information content (AvgIpc) is 2.85. The van der Waals surface area contributed by atoms with E-state index in [1.165, 1.54) is 22.4 Å². The van der Waals surface area contributed by atoms with E-state index in [1.54, 1.807) is 14.2 Å². The summed E-state index contributed by atoms with van der Waals surface area (Å²) in [5.74, 6) is 1.85. The van der Waals surface area contributed by atoms with Crippen molar-refractivity contribution in [2.24, 2.45) is 0 Å². The van der Waals surface area contributed by atoms with Gasteiger partial charge in [-0.25, -0.2) is 0 Å². The van der Waals surface area contributed by atoms with Gasteiger partial charge in [-0.1, -0.05) is 42.5 Å². The van der Waals surface area contributed by atoms with Gasteiger partial charge in [0.1, 0.15) is 11.5 Å². The molecule has 1 aliphatic heterocycles. The van der Waals surface area contributed by atoms with Crippen molar-refractivity contribution in [2.75, 3.05) is 32.3 Å². The van der Waals surface area contributed by atoms with Gasteiger partial charge in [0, 0.05) is 19.3 Å². The van der Waals surface area contributed by atoms with Crippen molar-refractivity contribution in [1.82, 2.24) is 0 Å². The quantitative estimate of drug-likeness (QED) is 0.362. The molecule has 0 saturated heterocycles. The Hall–Kier alpha value is -3.24. The van der Waals surface area contributed by atoms with Crippen LogP contribution in [-0.2, 0) is 16.7 Å². The molecule has 0 saturated carbocycles. The number of methoxy groups -OCH3 is 2. The van der Waals surface area contributed by atoms with Crippen LogP contribution in [0.1, 0.15) is 48.6 Å². The van der Waals surface area contributed by atoms with E-state index in [0.717, 1.165) is 35.6 Å². The molecule has 0 fully saturated rings. The largest absolute Gasteiger partial charge is 0.497 e. The van der Waals surface area contributed by atoms with Crippen molar-refractivity contribution < 1.29 is 14.2 Å². The third kappa shape index (κ3) is 5.08. The maximum Gasteiger partial charge on any atom is 0.122 e. The van der Waals surface area contributed by atoms with E-state index < -0.39 is 0 Å². The predicted octanol–water partition coefficient (Wildman–Crippen LogP) is 6.78. The summed E-state index contributed by atoms with van der Waals surface area (Å²) in [5, 5.41) is 0. The van der Waals surface area contributed by atoms with E-state index in [1.807, 2.05) is 6.08 Å². The molecular weight excluding hydrogens is 434 g/mol. The maximum atomic E-state index is 6.01. The molecule has 3 aromatic rings. The number of ether oxygens (including phenoxy) is 3. The van der Waals surface area contributed by atoms with Crippen molar-refractivity contribution in [1.29, 1.82) is 0 Å². The molecule has 4 heteroatoms. The zero-order valence-corrected chi connectivity index (χ0v) is 21.8. The van der Waals surface area contributed by atoms with Crippen molar-refractivity contribution in [2.45, 2.75) is 45.8 Å². The number of benzene rings is 3. The fourth-order valence-electron chi connectivity index (χ4n) is 5.07. The second-order valence-electron chi connectivity index (χ2n) is 9.59. The first-order valence-corrected chi connectivity index (χ1v) is 12.3. The van der Waals surface area contributed by atoms with Crippen LogP contribution >= 0.6 is 0 Å². The summed E-state index contributed by atoms with van der Waals surface area (Å²) in [6.45, 7) is 10.1. The van der Waals surface area contributed by atoms with Gasteiger partial charge >= 0.3 is 0 Å². The second kappa shape index (κ2) is 10.6. The lowest BCUT2D eigenvalue weighted by Gasteiger charge is -2.48. The first-order chi connectivity index (χ1) is 16.9. The minimum atomic E-state index is -0.332. The third-order valence-electron chi connectivity index (χ3n) is 6.86. The molecule has 35 heavy (non-hydrogen) atoms. The molecule has 0 N–H and O–H groups in total. The SMILES string of the molecule is COCC=Cc1ccc(C2(C)c3ccc(OC)cc3CCN2c2ccc(OC(C)C)c(C)c2)cc1. The Bertz CT molecular complexity index is 1180. The molecule has 1 heterocycles. The molecule has 0 bridgehead atoms. The van der Waals surface area contributed by atoms with Crippen LogP contribution in [0.2, 0.25) is 0 Å². The van der Waals surface area contributed by atoms with E-state index in [0.29, 0.717) is 6.61 Å². The van der Waals surface area contributed by atoms with Crippen LogP contribution in [0.3, 0.4) is 0 Å². The zero-order chi connectivity index (χ0) is 25.0. The Kier molecular flexibility index (Phi) is 7.51. The molecule has 184 valence electrons. The van der Waals surface area contributed by atoms with Gasteiger partial charge in [0.25, 0.3) is 0 Å². The van der Waals surface area contributed by atoms with Gasteiger partial charge in [0.15, 0.2) is 0 Å². The lowest BCUT2D eigenvalue weighted by Crippen LogP contribution is -2.49. The highest BCUT2D eigenvalue weighted by Crippen LogP contribution is 2.45. The highest BCUT2D eigenvalue weighted by atomic mass is 16.5. The third-order valence-corrected chi connectivity index (χ3v) is 6.86. The van der Waals surface area contributed by atoms with Gasteiger partial charge < -0.3 is 19.1 Å². The average molecular weight is 472 g/mol. The predicted molar refractivity (Wildman–Crippen MR) is 145 cm³/mol. The van der Waals surface area contributed by atoms with Gasteiger partial charge in [0.05, 0.1) is 25.4 Å². The van der Waals surface area contributed by atoms with E-state index in [-0.39, 0.29) is 11.6 Å². The Morgan fingerprint density at radius 2 is 1.77 bits per heavy atom. The van der Waals surface area contributed by atoms with E-state index in [9.17, 15) is 0 Å². The fourth-order valence-corrected chi connectivity index (χ4v) is 5.07. The monoisotopic (exact) mass is 471 g/mol. The summed E-state index contributed by atoms with van der Waals surface area (Å²) in [7, 11) is 3.44. The topological polar surface area (TPSA) is 30.9 Å². The molecule has 0 spiro atoms. The summed E-state index contributed by atoms with van der Waals surface area (Å²) < 4.78 is 16.7. The van der Waals surface area contributed by atoms with Gasteiger partial charge in [-0.2, -0.15) is 0 Å². The van der Waals surface area contributed by atoms with Crippen LogP contribution in [0.15, 0.2) is 66.7 Å². The molecule has 4 nitrogen and oxygen atoms in total. The number of fused-ring (bicyclic) bond motifs is 1. The first kappa shape index (κ1) is 24.9. The van der Waals surface area contributed by atoms with Crippen LogP contribution in [0.5, 0.6) is 11.5 Å². The lowest BCUT2D eigenvalue weighted by molar-refractivity contribution is 0.234. The summed E-state index contributed by atoms with van der Waals surface area (Å²) in [6, 6.07) is 21.9. The Morgan fingerprint density at radius 3 is 2.43 bits per heavy atom. The Morgan fingerprint density at radius 1 is 1.00 bits per heavy atom. The van der Waals surface area contributed by atoms with E-state index >= 15 is 0 Å². The van der Waals surface area contributed by atoms with Crippen molar-refractivity contribution in [3.63, 3.8) is 0 Å². The van der Waals surface area contributed by atoms with Gasteiger partial charge in [-0.15, -0.1) is 0 Å². The normalized spacial score (nSPS) is 17.6. The van der Waals surface area contributed by atoms with Crippen LogP contribution in [0, 0.1) is 6.92 Å². The minimum absolute atomic E-state index is 0.151. The Balaban J connectivity index is 1.79. The lowest BCUT2D eigenvalue weighted by atomic mass is 9.76. The Labute approximate surface area is 210 Å². The highest BCUT2D eigenvalue weighted by Gasteiger charge is 2.40. The molecule has 1 unspecified atom stereocenters. The van der Waals surface area contributed by atoms with Crippen LogP contribution in [0.25, 0.3) is 6.08 Å². The van der Waals surface area contributed by atoms with Crippen LogP contribution in [0.4, 0.5) is 5.69 Å². The smallest absolute Gasteiger partial charge is 0.122 e. The zero-order valence-electron chi connectivity index (χ0n) is 21.8. The summed E-state index contributed by atoms with van der Waals surface area (Å²) in [6.07, 6.45) is 5.25. The van der Waals surface area contributed by atoms with Crippen molar-refractivity contribution in [3.05, 3.63) is 94.6 Å². The maximum absolute atomic E-state index is 6.01. The molecule has 1 atom stereocenters. The molecule has 1 aliphatic rings. The molecule has 4 rings (SSSR count). The molecule has 0 aliphatic carbocycles. The van der Waals surface area contributed by atoms with Crippen molar-refractivity contribution in [3.8, 4) is 11.5 Å². The van der Waals surface area contributed by atoms with E-state index in [4.69, 9.17) is 14.2 Å². The van der Waals surface area contributed by atoms with Gasteiger partial charge in [0.2, 0.25) is 0 Å². The second-order valence-corrected chi connectivity index (χ2v) is 9.59. The number of rotatable bonds is 8. The molecule has 0 aromatic heterocycles. The standard InChI is InChI=1S/C31H37NO3/c1-22(2)35-30-16-13-27(20-23(30)3)32-18-17-25-21-28(34-6)14-15-29(25)31(32,4)26-11-9-24(10-12-26)8-7-19-33-5/h7-16,20-22H,17-19H2,1-6H3. The number of anilines is 1. The summed E-state index contributed by atoms with van der Waals surface area (Å²) in [5.41, 5.74) is 7.09. The van der Waals surface area contributed by atoms with Gasteiger partial charge in [-0.3, -0.25) is 0 Å². The minimum Gasteiger partial charge on any atom is -0.497 e. The van der Waals surface area contributed by atoms with Gasteiger partial charge in [-0.05, 0) is 92.3 Å².